The highest BCUT2D eigenvalue weighted by atomic mass is 35.5. The Bertz CT molecular complexity index is 554. The van der Waals surface area contributed by atoms with Crippen molar-refractivity contribution in [2.75, 3.05) is 5.88 Å². The molecule has 0 aromatic heterocycles. The second-order valence-corrected chi connectivity index (χ2v) is 6.13. The number of rotatable bonds is 3. The van der Waals surface area contributed by atoms with E-state index in [1.165, 1.54) is 0 Å². The number of aliphatic imine (C=N–C) groups is 1. The molecule has 114 valence electrons. The third-order valence-electron chi connectivity index (χ3n) is 2.83. The van der Waals surface area contributed by atoms with Crippen molar-refractivity contribution < 1.29 is 4.79 Å². The van der Waals surface area contributed by atoms with Gasteiger partial charge in [0.25, 0.3) is 0 Å². The van der Waals surface area contributed by atoms with Gasteiger partial charge in [-0.2, -0.15) is 0 Å². The second kappa shape index (κ2) is 7.27. The smallest absolute Gasteiger partial charge is 0.240 e. The molecular weight excluding hydrogens is 286 g/mol. The molecule has 4 nitrogen and oxygen atoms in total. The molecule has 0 aliphatic rings. The van der Waals surface area contributed by atoms with Crippen LogP contribution in [0.1, 0.15) is 26.3 Å². The van der Waals surface area contributed by atoms with Crippen molar-refractivity contribution in [1.29, 1.82) is 0 Å². The zero-order valence-electron chi connectivity index (χ0n) is 12.9. The van der Waals surface area contributed by atoms with Crippen LogP contribution in [0.15, 0.2) is 41.0 Å². The van der Waals surface area contributed by atoms with Crippen molar-refractivity contribution in [3.05, 3.63) is 41.6 Å². The number of carbonyl (C=O) groups is 1. The normalized spacial score (nSPS) is 13.2. The van der Waals surface area contributed by atoms with Crippen LogP contribution in [0.5, 0.6) is 0 Å². The number of amidine groups is 1. The van der Waals surface area contributed by atoms with E-state index in [-0.39, 0.29) is 17.2 Å². The van der Waals surface area contributed by atoms with E-state index < -0.39 is 0 Å². The molecule has 0 unspecified atom stereocenters. The van der Waals surface area contributed by atoms with Gasteiger partial charge in [0.2, 0.25) is 5.91 Å². The number of aryl methyl sites for hydroxylation is 1. The van der Waals surface area contributed by atoms with Crippen LogP contribution in [0.3, 0.4) is 0 Å². The maximum absolute atomic E-state index is 11.5. The average Bonchev–Trinajstić information content (AvgIpc) is 2.40. The van der Waals surface area contributed by atoms with Crippen molar-refractivity contribution in [3.63, 3.8) is 0 Å². The predicted octanol–water partition coefficient (Wildman–Crippen LogP) is 3.27. The van der Waals surface area contributed by atoms with Crippen LogP contribution in [0.25, 0.3) is 0 Å². The molecule has 0 radical (unpaired) electrons. The molecular formula is C16H22ClN3O. The fourth-order valence-electron chi connectivity index (χ4n) is 1.39. The molecule has 0 heterocycles. The largest absolute Gasteiger partial charge is 0.401 e. The molecule has 0 atom stereocenters. The van der Waals surface area contributed by atoms with Gasteiger partial charge in [-0.15, -0.1) is 11.6 Å². The third-order valence-corrected chi connectivity index (χ3v) is 3.07. The molecule has 0 saturated carbocycles. The number of carbonyl (C=O) groups excluding carboxylic acids is 1. The quantitative estimate of drug-likeness (QED) is 0.511. The lowest BCUT2D eigenvalue weighted by Crippen LogP contribution is -2.31. The molecule has 0 spiro atoms. The third kappa shape index (κ3) is 6.00. The van der Waals surface area contributed by atoms with E-state index in [4.69, 9.17) is 17.3 Å². The Morgan fingerprint density at radius 3 is 2.38 bits per heavy atom. The summed E-state index contributed by atoms with van der Waals surface area (Å²) in [6.07, 6.45) is 1.67. The predicted molar refractivity (Wildman–Crippen MR) is 88.9 cm³/mol. The first kappa shape index (κ1) is 17.2. The lowest BCUT2D eigenvalue weighted by Gasteiger charge is -2.19. The highest BCUT2D eigenvalue weighted by molar-refractivity contribution is 6.29. The Morgan fingerprint density at radius 2 is 1.90 bits per heavy atom. The summed E-state index contributed by atoms with van der Waals surface area (Å²) in [6, 6.07) is 7.67. The topological polar surface area (TPSA) is 67.5 Å². The van der Waals surface area contributed by atoms with E-state index in [2.05, 4.69) is 10.3 Å². The van der Waals surface area contributed by atoms with Crippen LogP contribution >= 0.6 is 11.6 Å². The van der Waals surface area contributed by atoms with Crippen LogP contribution in [-0.4, -0.2) is 17.6 Å². The molecule has 0 fully saturated rings. The number of nitrogens with two attached hydrogens (primary N) is 1. The molecule has 1 aromatic rings. The molecule has 0 bridgehead atoms. The Hall–Kier alpha value is -1.81. The number of hydrogen-bond acceptors (Lipinski definition) is 3. The van der Waals surface area contributed by atoms with E-state index >= 15 is 0 Å². The fourth-order valence-corrected chi connectivity index (χ4v) is 1.46. The number of amides is 1. The zero-order chi connectivity index (χ0) is 16.0. The van der Waals surface area contributed by atoms with Gasteiger partial charge in [0.1, 0.15) is 11.7 Å². The van der Waals surface area contributed by atoms with Crippen LogP contribution in [0.2, 0.25) is 0 Å². The number of benzene rings is 1. The Morgan fingerprint density at radius 1 is 1.33 bits per heavy atom. The van der Waals surface area contributed by atoms with Crippen molar-refractivity contribution in [1.82, 2.24) is 5.32 Å². The monoisotopic (exact) mass is 307 g/mol. The Kier molecular flexibility index (Phi) is 5.97. The van der Waals surface area contributed by atoms with Gasteiger partial charge in [-0.3, -0.25) is 4.79 Å². The number of allylic oxidation sites excluding steroid dienone is 1. The van der Waals surface area contributed by atoms with E-state index in [0.29, 0.717) is 11.5 Å². The standard InChI is InChI=1S/C16H22ClN3O/c1-11-5-7-12(8-6-11)19-14(20-15(21)10-17)9-13(18)16(2,3)4/h5-9H,10,18H2,1-4H3,(H,19,20,21). The van der Waals surface area contributed by atoms with E-state index in [0.717, 1.165) is 11.3 Å². The number of alkyl halides is 1. The molecule has 5 heteroatoms. The second-order valence-electron chi connectivity index (χ2n) is 5.86. The van der Waals surface area contributed by atoms with Crippen LogP contribution < -0.4 is 11.1 Å². The Labute approximate surface area is 131 Å². The minimum Gasteiger partial charge on any atom is -0.401 e. The first-order valence-corrected chi connectivity index (χ1v) is 7.24. The number of nitrogens with zero attached hydrogens (tertiary/aromatic N) is 1. The maximum Gasteiger partial charge on any atom is 0.240 e. The van der Waals surface area contributed by atoms with Crippen molar-refractivity contribution in [2.24, 2.45) is 16.1 Å². The molecule has 3 N–H and O–H groups in total. The summed E-state index contributed by atoms with van der Waals surface area (Å²) in [5.74, 6) is -0.0617. The SMILES string of the molecule is Cc1ccc(N=C(C=C(N)C(C)(C)C)NC(=O)CCl)cc1. The first-order valence-electron chi connectivity index (χ1n) is 6.71. The molecule has 0 aliphatic carbocycles. The summed E-state index contributed by atoms with van der Waals surface area (Å²) in [7, 11) is 0. The van der Waals surface area contributed by atoms with Gasteiger partial charge in [-0.25, -0.2) is 4.99 Å². The number of halogens is 1. The van der Waals surface area contributed by atoms with Crippen molar-refractivity contribution in [2.45, 2.75) is 27.7 Å². The summed E-state index contributed by atoms with van der Waals surface area (Å²) in [4.78, 5) is 15.9. The highest BCUT2D eigenvalue weighted by Crippen LogP contribution is 2.21. The lowest BCUT2D eigenvalue weighted by molar-refractivity contribution is -0.117. The lowest BCUT2D eigenvalue weighted by atomic mass is 9.92. The Balaban J connectivity index is 3.13. The van der Waals surface area contributed by atoms with Gasteiger partial charge < -0.3 is 11.1 Å². The van der Waals surface area contributed by atoms with Crippen molar-refractivity contribution >= 4 is 29.0 Å². The van der Waals surface area contributed by atoms with E-state index in [1.807, 2.05) is 52.0 Å². The van der Waals surface area contributed by atoms with Gasteiger partial charge in [-0.1, -0.05) is 38.5 Å². The van der Waals surface area contributed by atoms with E-state index in [9.17, 15) is 4.79 Å². The zero-order valence-corrected chi connectivity index (χ0v) is 13.7. The average molecular weight is 308 g/mol. The molecule has 0 aliphatic heterocycles. The van der Waals surface area contributed by atoms with Gasteiger partial charge >= 0.3 is 0 Å². The molecule has 0 saturated heterocycles. The molecule has 21 heavy (non-hydrogen) atoms. The fraction of sp³-hybridized carbons (Fsp3) is 0.375. The van der Waals surface area contributed by atoms with Crippen LogP contribution in [-0.2, 0) is 4.79 Å². The van der Waals surface area contributed by atoms with Crippen molar-refractivity contribution in [3.8, 4) is 0 Å². The van der Waals surface area contributed by atoms with E-state index in [1.54, 1.807) is 6.08 Å². The van der Waals surface area contributed by atoms with Crippen LogP contribution in [0.4, 0.5) is 5.69 Å². The highest BCUT2D eigenvalue weighted by Gasteiger charge is 2.15. The van der Waals surface area contributed by atoms with Gasteiger partial charge in [0, 0.05) is 17.2 Å². The maximum atomic E-state index is 11.5. The van der Waals surface area contributed by atoms with Gasteiger partial charge in [-0.05, 0) is 19.1 Å². The van der Waals surface area contributed by atoms with Crippen LogP contribution in [0, 0.1) is 12.3 Å². The van der Waals surface area contributed by atoms with Gasteiger partial charge in [0.15, 0.2) is 0 Å². The summed E-state index contributed by atoms with van der Waals surface area (Å²) in [5, 5.41) is 2.66. The minimum absolute atomic E-state index is 0.129. The summed E-state index contributed by atoms with van der Waals surface area (Å²) in [5.41, 5.74) is 8.34. The minimum atomic E-state index is -0.319. The molecule has 1 rings (SSSR count). The summed E-state index contributed by atoms with van der Waals surface area (Å²) >= 11 is 5.53. The molecule has 1 amide bonds. The first-order chi connectivity index (χ1) is 9.72. The van der Waals surface area contributed by atoms with Gasteiger partial charge in [0.05, 0.1) is 5.69 Å². The summed E-state index contributed by atoms with van der Waals surface area (Å²) in [6.45, 7) is 7.98. The summed E-state index contributed by atoms with van der Waals surface area (Å²) < 4.78 is 0. The number of hydrogen-bond donors (Lipinski definition) is 2. The molecule has 1 aromatic carbocycles. The number of nitrogens with one attached hydrogen (secondary N) is 1.